The Morgan fingerprint density at radius 3 is 2.78 bits per heavy atom. The predicted molar refractivity (Wildman–Crippen MR) is 73.1 cm³/mol. The molecule has 0 saturated heterocycles. The van der Waals surface area contributed by atoms with Crippen LogP contribution in [0.2, 0.25) is 10.0 Å². The summed E-state index contributed by atoms with van der Waals surface area (Å²) in [5.74, 6) is 0.216. The van der Waals surface area contributed by atoms with Crippen LogP contribution in [0.5, 0.6) is 0 Å². The van der Waals surface area contributed by atoms with Crippen LogP contribution in [0.4, 0.5) is 0 Å². The van der Waals surface area contributed by atoms with Gasteiger partial charge in [0, 0.05) is 28.9 Å². The number of halogens is 2. The van der Waals surface area contributed by atoms with Crippen LogP contribution in [0, 0.1) is 0 Å². The van der Waals surface area contributed by atoms with Crippen molar-refractivity contribution in [3.8, 4) is 5.69 Å². The van der Waals surface area contributed by atoms with Crippen LogP contribution in [0.3, 0.4) is 0 Å². The summed E-state index contributed by atoms with van der Waals surface area (Å²) >= 11 is 12.2. The molecule has 1 aromatic carbocycles. The Bertz CT molecular complexity index is 631. The highest BCUT2D eigenvalue weighted by Crippen LogP contribution is 2.30. The first-order valence-corrected chi connectivity index (χ1v) is 6.61. The third kappa shape index (κ3) is 1.86. The lowest BCUT2D eigenvalue weighted by atomic mass is 9.97. The molecule has 0 atom stereocenters. The van der Waals surface area contributed by atoms with Crippen molar-refractivity contribution in [3.63, 3.8) is 0 Å². The zero-order chi connectivity index (χ0) is 12.7. The monoisotopic (exact) mass is 279 g/mol. The highest BCUT2D eigenvalue weighted by Gasteiger charge is 2.21. The van der Waals surface area contributed by atoms with Gasteiger partial charge in [0.15, 0.2) is 5.78 Å². The molecule has 0 aliphatic heterocycles. The van der Waals surface area contributed by atoms with E-state index in [1.807, 2.05) is 22.9 Å². The third-order valence-corrected chi connectivity index (χ3v) is 3.83. The van der Waals surface area contributed by atoms with Gasteiger partial charge in [-0.05, 0) is 37.1 Å². The van der Waals surface area contributed by atoms with Gasteiger partial charge in [0.1, 0.15) is 0 Å². The van der Waals surface area contributed by atoms with Crippen LogP contribution in [-0.4, -0.2) is 10.4 Å². The summed E-state index contributed by atoms with van der Waals surface area (Å²) < 4.78 is 1.97. The molecule has 1 aromatic heterocycles. The summed E-state index contributed by atoms with van der Waals surface area (Å²) in [7, 11) is 0. The average Bonchev–Trinajstić information content (AvgIpc) is 2.77. The topological polar surface area (TPSA) is 22.0 Å². The first-order chi connectivity index (χ1) is 8.66. The summed E-state index contributed by atoms with van der Waals surface area (Å²) in [6.07, 6.45) is 4.33. The van der Waals surface area contributed by atoms with Crippen LogP contribution in [0.1, 0.15) is 28.9 Å². The zero-order valence-corrected chi connectivity index (χ0v) is 11.1. The molecule has 2 aromatic rings. The molecule has 1 aliphatic rings. The van der Waals surface area contributed by atoms with E-state index < -0.39 is 0 Å². The largest absolute Gasteiger partial charge is 0.319 e. The summed E-state index contributed by atoms with van der Waals surface area (Å²) in [5.41, 5.74) is 2.69. The molecule has 0 bridgehead atoms. The Kier molecular flexibility index (Phi) is 2.92. The fraction of sp³-hybridized carbons (Fsp3) is 0.214. The lowest BCUT2D eigenvalue weighted by molar-refractivity contribution is 0.0972. The molecule has 0 spiro atoms. The molecule has 1 aliphatic carbocycles. The number of rotatable bonds is 1. The summed E-state index contributed by atoms with van der Waals surface area (Å²) in [5, 5.41) is 1.27. The maximum absolute atomic E-state index is 11.8. The van der Waals surface area contributed by atoms with E-state index in [-0.39, 0.29) is 5.78 Å². The smallest absolute Gasteiger partial charge is 0.164 e. The molecule has 1 heterocycles. The zero-order valence-electron chi connectivity index (χ0n) is 9.62. The number of Topliss-reactive ketones (excluding diaryl/α,β-unsaturated/α-hetero) is 1. The van der Waals surface area contributed by atoms with Crippen molar-refractivity contribution in [2.24, 2.45) is 0 Å². The highest BCUT2D eigenvalue weighted by molar-refractivity contribution is 6.34. The van der Waals surface area contributed by atoms with Crippen molar-refractivity contribution in [2.75, 3.05) is 0 Å². The van der Waals surface area contributed by atoms with E-state index in [4.69, 9.17) is 23.2 Å². The molecule has 2 nitrogen and oxygen atoms in total. The van der Waals surface area contributed by atoms with Gasteiger partial charge >= 0.3 is 0 Å². The number of aromatic nitrogens is 1. The highest BCUT2D eigenvalue weighted by atomic mass is 35.5. The van der Waals surface area contributed by atoms with Crippen LogP contribution in [0.25, 0.3) is 5.69 Å². The quantitative estimate of drug-likeness (QED) is 0.763. The van der Waals surface area contributed by atoms with Gasteiger partial charge in [0.05, 0.1) is 10.7 Å². The van der Waals surface area contributed by atoms with Crippen LogP contribution < -0.4 is 0 Å². The van der Waals surface area contributed by atoms with E-state index in [0.717, 1.165) is 29.8 Å². The van der Waals surface area contributed by atoms with E-state index in [9.17, 15) is 4.79 Å². The number of carbonyl (C=O) groups excluding carboxylic acids is 1. The van der Waals surface area contributed by atoms with Gasteiger partial charge in [0.25, 0.3) is 0 Å². The number of benzene rings is 1. The third-order valence-electron chi connectivity index (χ3n) is 3.28. The molecule has 0 fully saturated rings. The molecule has 0 unspecified atom stereocenters. The standard InChI is InChI=1S/C14H11Cl2NO/c15-9-4-5-11(16)13(8-9)17-7-6-10-12(17)2-1-3-14(10)18/h4-8H,1-3H2. The maximum Gasteiger partial charge on any atom is 0.164 e. The van der Waals surface area contributed by atoms with E-state index in [1.54, 1.807) is 12.1 Å². The maximum atomic E-state index is 11.8. The van der Waals surface area contributed by atoms with Gasteiger partial charge in [-0.25, -0.2) is 0 Å². The SMILES string of the molecule is O=C1CCCc2c1ccn2-c1cc(Cl)ccc1Cl. The fourth-order valence-corrected chi connectivity index (χ4v) is 2.80. The molecular weight excluding hydrogens is 269 g/mol. The first kappa shape index (κ1) is 11.8. The average molecular weight is 280 g/mol. The molecule has 4 heteroatoms. The second-order valence-corrected chi connectivity index (χ2v) is 5.26. The van der Waals surface area contributed by atoms with Crippen LogP contribution >= 0.6 is 23.2 Å². The number of carbonyl (C=O) groups is 1. The lowest BCUT2D eigenvalue weighted by Crippen LogP contribution is -2.12. The number of ketones is 1. The van der Waals surface area contributed by atoms with Gasteiger partial charge in [-0.1, -0.05) is 23.2 Å². The van der Waals surface area contributed by atoms with Crippen molar-refractivity contribution in [2.45, 2.75) is 19.3 Å². The molecule has 92 valence electrons. The molecule has 0 radical (unpaired) electrons. The number of fused-ring (bicyclic) bond motifs is 1. The lowest BCUT2D eigenvalue weighted by Gasteiger charge is -2.16. The minimum absolute atomic E-state index is 0.216. The molecule has 18 heavy (non-hydrogen) atoms. The van der Waals surface area contributed by atoms with Gasteiger partial charge in [-0.2, -0.15) is 0 Å². The van der Waals surface area contributed by atoms with Crippen molar-refractivity contribution in [1.29, 1.82) is 0 Å². The number of hydrogen-bond donors (Lipinski definition) is 0. The number of hydrogen-bond acceptors (Lipinski definition) is 1. The molecular formula is C14H11Cl2NO. The van der Waals surface area contributed by atoms with Crippen molar-refractivity contribution < 1.29 is 4.79 Å². The molecule has 0 amide bonds. The van der Waals surface area contributed by atoms with E-state index in [1.165, 1.54) is 0 Å². The van der Waals surface area contributed by atoms with Gasteiger partial charge in [-0.3, -0.25) is 4.79 Å². The fourth-order valence-electron chi connectivity index (χ4n) is 2.42. The van der Waals surface area contributed by atoms with E-state index >= 15 is 0 Å². The second kappa shape index (κ2) is 4.45. The summed E-state index contributed by atoms with van der Waals surface area (Å²) in [6.45, 7) is 0. The number of nitrogens with zero attached hydrogens (tertiary/aromatic N) is 1. The Labute approximate surface area is 115 Å². The molecule has 0 saturated carbocycles. The van der Waals surface area contributed by atoms with E-state index in [2.05, 4.69) is 0 Å². The summed E-state index contributed by atoms with van der Waals surface area (Å²) in [6, 6.07) is 7.22. The molecule has 3 rings (SSSR count). The second-order valence-electron chi connectivity index (χ2n) is 4.42. The Morgan fingerprint density at radius 2 is 1.94 bits per heavy atom. The first-order valence-electron chi connectivity index (χ1n) is 5.85. The molecule has 0 N–H and O–H groups in total. The minimum atomic E-state index is 0.216. The van der Waals surface area contributed by atoms with Crippen LogP contribution in [0.15, 0.2) is 30.5 Å². The predicted octanol–water partition coefficient (Wildman–Crippen LogP) is 4.30. The van der Waals surface area contributed by atoms with E-state index in [0.29, 0.717) is 16.5 Å². The van der Waals surface area contributed by atoms with Gasteiger partial charge in [0.2, 0.25) is 0 Å². The van der Waals surface area contributed by atoms with Crippen molar-refractivity contribution >= 4 is 29.0 Å². The Hall–Kier alpha value is -1.25. The van der Waals surface area contributed by atoms with Crippen molar-refractivity contribution in [3.05, 3.63) is 51.8 Å². The van der Waals surface area contributed by atoms with Crippen LogP contribution in [-0.2, 0) is 6.42 Å². The Balaban J connectivity index is 2.18. The Morgan fingerprint density at radius 1 is 1.11 bits per heavy atom. The van der Waals surface area contributed by atoms with Gasteiger partial charge in [-0.15, -0.1) is 0 Å². The van der Waals surface area contributed by atoms with Gasteiger partial charge < -0.3 is 4.57 Å². The van der Waals surface area contributed by atoms with Crippen molar-refractivity contribution in [1.82, 2.24) is 4.57 Å². The summed E-state index contributed by atoms with van der Waals surface area (Å²) in [4.78, 5) is 11.8. The normalized spacial score (nSPS) is 14.7. The minimum Gasteiger partial charge on any atom is -0.319 e.